The number of aldehydes is 1. The maximum Gasteiger partial charge on any atom is 0.249 e. The van der Waals surface area contributed by atoms with Gasteiger partial charge in [-0.2, -0.15) is 0 Å². The molecule has 5 heteroatoms. The Morgan fingerprint density at radius 1 is 1.31 bits per heavy atom. The molecule has 0 atom stereocenters. The van der Waals surface area contributed by atoms with Gasteiger partial charge < -0.3 is 4.42 Å². The summed E-state index contributed by atoms with van der Waals surface area (Å²) in [7, 11) is 0. The normalized spacial score (nSPS) is 10.7. The van der Waals surface area contributed by atoms with E-state index >= 15 is 0 Å². The molecule has 0 amide bonds. The van der Waals surface area contributed by atoms with Gasteiger partial charge in [0.1, 0.15) is 0 Å². The molecule has 2 heterocycles. The second-order valence-electron chi connectivity index (χ2n) is 3.72. The standard InChI is InChI=1S/C11H11N3O2/c1-7(2)10-13-14-11(16-10)9-3-8(6-15)4-12-5-9/h3-7H,1-2H3. The fourth-order valence-corrected chi connectivity index (χ4v) is 1.22. The molecule has 2 aromatic heterocycles. The number of carbonyl (C=O) groups excluding carboxylic acids is 1. The van der Waals surface area contributed by atoms with E-state index in [4.69, 9.17) is 4.42 Å². The predicted octanol–water partition coefficient (Wildman–Crippen LogP) is 2.07. The Bertz CT molecular complexity index is 505. The molecule has 16 heavy (non-hydrogen) atoms. The minimum Gasteiger partial charge on any atom is -0.420 e. The van der Waals surface area contributed by atoms with Crippen LogP contribution in [0.1, 0.15) is 36.0 Å². The van der Waals surface area contributed by atoms with Crippen LogP contribution in [0.5, 0.6) is 0 Å². The molecule has 2 rings (SSSR count). The van der Waals surface area contributed by atoms with Crippen molar-refractivity contribution >= 4 is 6.29 Å². The highest BCUT2D eigenvalue weighted by atomic mass is 16.4. The van der Waals surface area contributed by atoms with E-state index in [0.717, 1.165) is 6.29 Å². The second kappa shape index (κ2) is 4.22. The summed E-state index contributed by atoms with van der Waals surface area (Å²) >= 11 is 0. The van der Waals surface area contributed by atoms with Gasteiger partial charge in [0.15, 0.2) is 6.29 Å². The first-order valence-corrected chi connectivity index (χ1v) is 4.94. The Kier molecular flexibility index (Phi) is 2.76. The smallest absolute Gasteiger partial charge is 0.249 e. The summed E-state index contributed by atoms with van der Waals surface area (Å²) in [5.41, 5.74) is 1.14. The topological polar surface area (TPSA) is 68.9 Å². The Balaban J connectivity index is 2.38. The van der Waals surface area contributed by atoms with Crippen molar-refractivity contribution in [1.82, 2.24) is 15.2 Å². The fraction of sp³-hybridized carbons (Fsp3) is 0.273. The lowest BCUT2D eigenvalue weighted by molar-refractivity contribution is 0.112. The van der Waals surface area contributed by atoms with Crippen LogP contribution in [-0.4, -0.2) is 21.5 Å². The maximum atomic E-state index is 10.6. The van der Waals surface area contributed by atoms with Crippen molar-refractivity contribution in [2.24, 2.45) is 0 Å². The Hall–Kier alpha value is -2.04. The van der Waals surface area contributed by atoms with Crippen molar-refractivity contribution in [2.45, 2.75) is 19.8 Å². The molecular weight excluding hydrogens is 206 g/mol. The summed E-state index contributed by atoms with van der Waals surface area (Å²) in [6, 6.07) is 1.66. The van der Waals surface area contributed by atoms with E-state index in [2.05, 4.69) is 15.2 Å². The van der Waals surface area contributed by atoms with Crippen molar-refractivity contribution < 1.29 is 9.21 Å². The molecule has 0 bridgehead atoms. The molecule has 0 aliphatic carbocycles. The monoisotopic (exact) mass is 217 g/mol. The van der Waals surface area contributed by atoms with Gasteiger partial charge in [0.2, 0.25) is 11.8 Å². The lowest BCUT2D eigenvalue weighted by Gasteiger charge is -1.96. The Labute approximate surface area is 92.5 Å². The molecule has 0 radical (unpaired) electrons. The van der Waals surface area contributed by atoms with Crippen LogP contribution in [0.4, 0.5) is 0 Å². The third-order valence-electron chi connectivity index (χ3n) is 2.08. The van der Waals surface area contributed by atoms with Crippen LogP contribution in [0.25, 0.3) is 11.5 Å². The van der Waals surface area contributed by atoms with Crippen LogP contribution in [0, 0.1) is 0 Å². The number of rotatable bonds is 3. The minimum absolute atomic E-state index is 0.184. The molecule has 5 nitrogen and oxygen atoms in total. The molecule has 2 aromatic rings. The molecule has 0 aliphatic heterocycles. The van der Waals surface area contributed by atoms with Crippen molar-refractivity contribution in [3.05, 3.63) is 29.9 Å². The summed E-state index contributed by atoms with van der Waals surface area (Å²) in [4.78, 5) is 14.5. The molecule has 0 aliphatic rings. The summed E-state index contributed by atoms with van der Waals surface area (Å²) in [5, 5.41) is 7.83. The van der Waals surface area contributed by atoms with Gasteiger partial charge in [-0.15, -0.1) is 10.2 Å². The first-order chi connectivity index (χ1) is 7.70. The van der Waals surface area contributed by atoms with Crippen molar-refractivity contribution in [2.75, 3.05) is 0 Å². The summed E-state index contributed by atoms with van der Waals surface area (Å²) in [5.74, 6) is 1.15. The molecule has 0 saturated heterocycles. The van der Waals surface area contributed by atoms with Crippen LogP contribution in [-0.2, 0) is 0 Å². The fourth-order valence-electron chi connectivity index (χ4n) is 1.22. The Morgan fingerprint density at radius 3 is 2.75 bits per heavy atom. The highest BCUT2D eigenvalue weighted by Gasteiger charge is 2.11. The highest BCUT2D eigenvalue weighted by molar-refractivity contribution is 5.76. The number of aromatic nitrogens is 3. The van der Waals surface area contributed by atoms with Crippen LogP contribution in [0.15, 0.2) is 22.9 Å². The summed E-state index contributed by atoms with van der Waals surface area (Å²) in [6.45, 7) is 3.94. The van der Waals surface area contributed by atoms with E-state index in [1.165, 1.54) is 6.20 Å². The summed E-state index contributed by atoms with van der Waals surface area (Å²) < 4.78 is 5.45. The van der Waals surface area contributed by atoms with Crippen molar-refractivity contribution in [3.8, 4) is 11.5 Å². The third-order valence-corrected chi connectivity index (χ3v) is 2.08. The largest absolute Gasteiger partial charge is 0.420 e. The van der Waals surface area contributed by atoms with Crippen LogP contribution in [0.2, 0.25) is 0 Å². The molecular formula is C11H11N3O2. The Morgan fingerprint density at radius 2 is 2.12 bits per heavy atom. The van der Waals surface area contributed by atoms with Gasteiger partial charge in [-0.25, -0.2) is 0 Å². The van der Waals surface area contributed by atoms with Gasteiger partial charge >= 0.3 is 0 Å². The number of hydrogen-bond acceptors (Lipinski definition) is 5. The highest BCUT2D eigenvalue weighted by Crippen LogP contribution is 2.20. The van der Waals surface area contributed by atoms with E-state index in [1.807, 2.05) is 13.8 Å². The third kappa shape index (κ3) is 1.98. The number of carbonyl (C=O) groups is 1. The average Bonchev–Trinajstić information content (AvgIpc) is 2.78. The lowest BCUT2D eigenvalue weighted by atomic mass is 10.2. The van der Waals surface area contributed by atoms with Gasteiger partial charge in [-0.1, -0.05) is 13.8 Å². The molecule has 0 unspecified atom stereocenters. The number of nitrogens with zero attached hydrogens (tertiary/aromatic N) is 3. The van der Waals surface area contributed by atoms with E-state index < -0.39 is 0 Å². The molecule has 0 aromatic carbocycles. The quantitative estimate of drug-likeness (QED) is 0.736. The van der Waals surface area contributed by atoms with Gasteiger partial charge in [-0.3, -0.25) is 9.78 Å². The molecule has 0 N–H and O–H groups in total. The van der Waals surface area contributed by atoms with Gasteiger partial charge in [0, 0.05) is 23.9 Å². The van der Waals surface area contributed by atoms with Crippen LogP contribution in [0.3, 0.4) is 0 Å². The molecule has 0 spiro atoms. The van der Waals surface area contributed by atoms with Gasteiger partial charge in [-0.05, 0) is 6.07 Å². The molecule has 0 fully saturated rings. The van der Waals surface area contributed by atoms with E-state index in [9.17, 15) is 4.79 Å². The maximum absolute atomic E-state index is 10.6. The van der Waals surface area contributed by atoms with Gasteiger partial charge in [0.05, 0.1) is 5.56 Å². The zero-order valence-corrected chi connectivity index (χ0v) is 9.04. The van der Waals surface area contributed by atoms with Crippen molar-refractivity contribution in [1.29, 1.82) is 0 Å². The van der Waals surface area contributed by atoms with E-state index in [0.29, 0.717) is 22.9 Å². The lowest BCUT2D eigenvalue weighted by Crippen LogP contribution is -1.85. The van der Waals surface area contributed by atoms with Crippen LogP contribution >= 0.6 is 0 Å². The van der Waals surface area contributed by atoms with E-state index in [-0.39, 0.29) is 5.92 Å². The average molecular weight is 217 g/mol. The van der Waals surface area contributed by atoms with Gasteiger partial charge in [0.25, 0.3) is 0 Å². The minimum atomic E-state index is 0.184. The first kappa shape index (κ1) is 10.5. The zero-order chi connectivity index (χ0) is 11.5. The zero-order valence-electron chi connectivity index (χ0n) is 9.04. The SMILES string of the molecule is CC(C)c1nnc(-c2cncc(C=O)c2)o1. The predicted molar refractivity (Wildman–Crippen MR) is 57.0 cm³/mol. The van der Waals surface area contributed by atoms with E-state index in [1.54, 1.807) is 12.3 Å². The molecule has 82 valence electrons. The number of pyridine rings is 1. The second-order valence-corrected chi connectivity index (χ2v) is 3.72. The first-order valence-electron chi connectivity index (χ1n) is 4.94. The molecule has 0 saturated carbocycles. The number of hydrogen-bond donors (Lipinski definition) is 0. The van der Waals surface area contributed by atoms with Crippen LogP contribution < -0.4 is 0 Å². The van der Waals surface area contributed by atoms with Crippen molar-refractivity contribution in [3.63, 3.8) is 0 Å². The summed E-state index contributed by atoms with van der Waals surface area (Å²) in [6.07, 6.45) is 3.80.